The number of carbonyl (C=O) groups is 1. The van der Waals surface area contributed by atoms with Gasteiger partial charge >= 0.3 is 6.18 Å². The second kappa shape index (κ2) is 3.56. The number of alkyl halides is 3. The van der Waals surface area contributed by atoms with Gasteiger partial charge in [0.15, 0.2) is 11.5 Å². The van der Waals surface area contributed by atoms with Crippen LogP contribution in [0.3, 0.4) is 0 Å². The standard InChI is InChI=1S/C6H5F3N4O/c7-6(8,9)1-4-11-2-3(5(10)14)12-13-4/h2H,1H2,(H2,10,14). The number of aromatic nitrogens is 3. The first-order valence-electron chi connectivity index (χ1n) is 3.43. The molecule has 0 atom stereocenters. The highest BCUT2D eigenvalue weighted by Crippen LogP contribution is 2.18. The third-order valence-electron chi connectivity index (χ3n) is 1.22. The van der Waals surface area contributed by atoms with E-state index in [1.165, 1.54) is 0 Å². The molecular weight excluding hydrogens is 201 g/mol. The molecule has 1 rings (SSSR count). The van der Waals surface area contributed by atoms with E-state index in [-0.39, 0.29) is 5.69 Å². The van der Waals surface area contributed by atoms with Crippen LogP contribution in [-0.4, -0.2) is 27.3 Å². The summed E-state index contributed by atoms with van der Waals surface area (Å²) < 4.78 is 35.4. The molecule has 0 unspecified atom stereocenters. The average molecular weight is 206 g/mol. The quantitative estimate of drug-likeness (QED) is 0.742. The number of carbonyl (C=O) groups excluding carboxylic acids is 1. The molecular formula is C6H5F3N4O. The van der Waals surface area contributed by atoms with Crippen LogP contribution in [0.25, 0.3) is 0 Å². The molecule has 1 amide bonds. The molecule has 8 heteroatoms. The molecule has 0 spiro atoms. The molecule has 0 saturated carbocycles. The van der Waals surface area contributed by atoms with Crippen molar-refractivity contribution >= 4 is 5.91 Å². The van der Waals surface area contributed by atoms with Crippen molar-refractivity contribution in [3.8, 4) is 0 Å². The van der Waals surface area contributed by atoms with E-state index >= 15 is 0 Å². The lowest BCUT2D eigenvalue weighted by Crippen LogP contribution is -2.18. The maximum absolute atomic E-state index is 11.8. The van der Waals surface area contributed by atoms with Gasteiger partial charge in [-0.2, -0.15) is 13.2 Å². The van der Waals surface area contributed by atoms with Crippen LogP contribution in [0.2, 0.25) is 0 Å². The lowest BCUT2D eigenvalue weighted by molar-refractivity contribution is -0.128. The first-order valence-corrected chi connectivity index (χ1v) is 3.43. The zero-order chi connectivity index (χ0) is 10.8. The van der Waals surface area contributed by atoms with Gasteiger partial charge < -0.3 is 5.73 Å². The highest BCUT2D eigenvalue weighted by Gasteiger charge is 2.29. The maximum atomic E-state index is 11.8. The van der Waals surface area contributed by atoms with E-state index in [4.69, 9.17) is 5.73 Å². The Labute approximate surface area is 76.2 Å². The largest absolute Gasteiger partial charge is 0.396 e. The lowest BCUT2D eigenvalue weighted by Gasteiger charge is -2.03. The Morgan fingerprint density at radius 3 is 2.43 bits per heavy atom. The van der Waals surface area contributed by atoms with E-state index in [0.29, 0.717) is 0 Å². The molecule has 1 heterocycles. The summed E-state index contributed by atoms with van der Waals surface area (Å²) in [5.74, 6) is -1.38. The highest BCUT2D eigenvalue weighted by molar-refractivity contribution is 5.90. The number of rotatable bonds is 2. The Kier molecular flexibility index (Phi) is 2.63. The van der Waals surface area contributed by atoms with Crippen LogP contribution in [-0.2, 0) is 6.42 Å². The third kappa shape index (κ3) is 2.96. The molecule has 76 valence electrons. The topological polar surface area (TPSA) is 81.8 Å². The zero-order valence-corrected chi connectivity index (χ0v) is 6.75. The van der Waals surface area contributed by atoms with Gasteiger partial charge in [-0.1, -0.05) is 0 Å². The van der Waals surface area contributed by atoms with E-state index in [1.54, 1.807) is 0 Å². The predicted octanol–water partition coefficient (Wildman–Crippen LogP) is 0.0753. The average Bonchev–Trinajstić information content (AvgIpc) is 2.02. The number of halogens is 3. The van der Waals surface area contributed by atoms with E-state index in [0.717, 1.165) is 6.20 Å². The molecule has 2 N–H and O–H groups in total. The summed E-state index contributed by atoms with van der Waals surface area (Å²) in [5.41, 5.74) is 4.52. The summed E-state index contributed by atoms with van der Waals surface area (Å²) in [7, 11) is 0. The summed E-state index contributed by atoms with van der Waals surface area (Å²) in [6.07, 6.45) is -4.81. The monoisotopic (exact) mass is 206 g/mol. The van der Waals surface area contributed by atoms with Crippen molar-refractivity contribution in [2.45, 2.75) is 12.6 Å². The normalized spacial score (nSPS) is 11.4. The summed E-state index contributed by atoms with van der Waals surface area (Å²) in [6, 6.07) is 0. The van der Waals surface area contributed by atoms with Crippen molar-refractivity contribution in [2.24, 2.45) is 5.73 Å². The summed E-state index contributed by atoms with van der Waals surface area (Å²) in [5, 5.41) is 6.28. The van der Waals surface area contributed by atoms with E-state index in [2.05, 4.69) is 15.2 Å². The van der Waals surface area contributed by atoms with Crippen LogP contribution in [0.1, 0.15) is 16.3 Å². The number of hydrogen-bond acceptors (Lipinski definition) is 4. The Hall–Kier alpha value is -1.73. The first-order chi connectivity index (χ1) is 6.38. The second-order valence-corrected chi connectivity index (χ2v) is 2.42. The first kappa shape index (κ1) is 10.4. The second-order valence-electron chi connectivity index (χ2n) is 2.42. The van der Waals surface area contributed by atoms with Crippen LogP contribution < -0.4 is 5.73 Å². The minimum absolute atomic E-state index is 0.268. The molecule has 1 aromatic rings. The highest BCUT2D eigenvalue weighted by atomic mass is 19.4. The van der Waals surface area contributed by atoms with Crippen LogP contribution in [0.5, 0.6) is 0 Å². The molecule has 0 saturated heterocycles. The molecule has 0 fully saturated rings. The van der Waals surface area contributed by atoms with Crippen LogP contribution >= 0.6 is 0 Å². The van der Waals surface area contributed by atoms with Crippen molar-refractivity contribution in [1.82, 2.24) is 15.2 Å². The number of nitrogens with two attached hydrogens (primary N) is 1. The fourth-order valence-electron chi connectivity index (χ4n) is 0.672. The van der Waals surface area contributed by atoms with Crippen molar-refractivity contribution in [3.63, 3.8) is 0 Å². The summed E-state index contributed by atoms with van der Waals surface area (Å²) in [4.78, 5) is 13.7. The summed E-state index contributed by atoms with van der Waals surface area (Å²) in [6.45, 7) is 0. The fourth-order valence-corrected chi connectivity index (χ4v) is 0.672. The molecule has 0 aliphatic rings. The number of nitrogens with zero attached hydrogens (tertiary/aromatic N) is 3. The van der Waals surface area contributed by atoms with Crippen LogP contribution in [0.4, 0.5) is 13.2 Å². The minimum atomic E-state index is -4.39. The third-order valence-corrected chi connectivity index (χ3v) is 1.22. The molecule has 14 heavy (non-hydrogen) atoms. The zero-order valence-electron chi connectivity index (χ0n) is 6.75. The maximum Gasteiger partial charge on any atom is 0.396 e. The smallest absolute Gasteiger partial charge is 0.364 e. The van der Waals surface area contributed by atoms with Gasteiger partial charge in [-0.25, -0.2) is 4.98 Å². The Morgan fingerprint density at radius 2 is 2.07 bits per heavy atom. The fraction of sp³-hybridized carbons (Fsp3) is 0.333. The van der Waals surface area contributed by atoms with E-state index < -0.39 is 24.3 Å². The van der Waals surface area contributed by atoms with Gasteiger partial charge in [-0.15, -0.1) is 10.2 Å². The molecule has 1 aromatic heterocycles. The Morgan fingerprint density at radius 1 is 1.43 bits per heavy atom. The van der Waals surface area contributed by atoms with Crippen molar-refractivity contribution in [1.29, 1.82) is 0 Å². The van der Waals surface area contributed by atoms with Crippen LogP contribution in [0.15, 0.2) is 6.20 Å². The Bertz CT molecular complexity index is 334. The van der Waals surface area contributed by atoms with E-state index in [9.17, 15) is 18.0 Å². The van der Waals surface area contributed by atoms with Gasteiger partial charge in [0.1, 0.15) is 6.42 Å². The van der Waals surface area contributed by atoms with Crippen LogP contribution in [0, 0.1) is 0 Å². The summed E-state index contributed by atoms with van der Waals surface area (Å²) >= 11 is 0. The van der Waals surface area contributed by atoms with Crippen molar-refractivity contribution < 1.29 is 18.0 Å². The number of amides is 1. The lowest BCUT2D eigenvalue weighted by atomic mass is 10.4. The van der Waals surface area contributed by atoms with Gasteiger partial charge in [0.2, 0.25) is 0 Å². The molecule has 0 bridgehead atoms. The molecule has 0 aliphatic heterocycles. The van der Waals surface area contributed by atoms with E-state index in [1.807, 2.05) is 0 Å². The minimum Gasteiger partial charge on any atom is -0.364 e. The molecule has 0 aromatic carbocycles. The molecule has 0 radical (unpaired) electrons. The Balaban J connectivity index is 2.79. The van der Waals surface area contributed by atoms with Crippen molar-refractivity contribution in [3.05, 3.63) is 17.7 Å². The van der Waals surface area contributed by atoms with Gasteiger partial charge in [-0.05, 0) is 0 Å². The molecule has 5 nitrogen and oxygen atoms in total. The van der Waals surface area contributed by atoms with Gasteiger partial charge in [0.05, 0.1) is 6.20 Å². The SMILES string of the molecule is NC(=O)c1cnc(CC(F)(F)F)nn1. The predicted molar refractivity (Wildman–Crippen MR) is 38.1 cm³/mol. The van der Waals surface area contributed by atoms with Gasteiger partial charge in [-0.3, -0.25) is 4.79 Å². The number of hydrogen-bond donors (Lipinski definition) is 1. The van der Waals surface area contributed by atoms with Gasteiger partial charge in [0, 0.05) is 0 Å². The number of primary amides is 1. The molecule has 0 aliphatic carbocycles. The van der Waals surface area contributed by atoms with Crippen molar-refractivity contribution in [2.75, 3.05) is 0 Å². The van der Waals surface area contributed by atoms with Gasteiger partial charge in [0.25, 0.3) is 5.91 Å².